The van der Waals surface area contributed by atoms with E-state index >= 15 is 0 Å². The van der Waals surface area contributed by atoms with Gasteiger partial charge in [-0.05, 0) is 24.6 Å². The maximum atomic E-state index is 12.4. The minimum atomic E-state index is -0.210. The monoisotopic (exact) mass is 350 g/mol. The van der Waals surface area contributed by atoms with E-state index in [0.717, 1.165) is 19.6 Å². The summed E-state index contributed by atoms with van der Waals surface area (Å²) < 4.78 is 7.45. The molecule has 1 aromatic carbocycles. The first-order chi connectivity index (χ1) is 12.7. The zero-order valence-electron chi connectivity index (χ0n) is 14.8. The van der Waals surface area contributed by atoms with Crippen LogP contribution in [0.4, 0.5) is 0 Å². The average Bonchev–Trinajstić information content (AvgIpc) is 3.28. The van der Waals surface area contributed by atoms with Gasteiger partial charge in [0.05, 0.1) is 5.69 Å². The van der Waals surface area contributed by atoms with E-state index in [2.05, 4.69) is 62.4 Å². The highest BCUT2D eigenvalue weighted by Gasteiger charge is 2.27. The topological polar surface area (TPSA) is 63.3 Å². The van der Waals surface area contributed by atoms with E-state index in [1.807, 2.05) is 6.07 Å². The summed E-state index contributed by atoms with van der Waals surface area (Å²) in [4.78, 5) is 18.8. The molecule has 0 bridgehead atoms. The fourth-order valence-corrected chi connectivity index (χ4v) is 3.46. The minimum absolute atomic E-state index is 0.210. The molecule has 6 nitrogen and oxygen atoms in total. The van der Waals surface area contributed by atoms with E-state index in [1.165, 1.54) is 17.7 Å². The van der Waals surface area contributed by atoms with Gasteiger partial charge in [0.2, 0.25) is 5.76 Å². The number of aromatic nitrogens is 2. The van der Waals surface area contributed by atoms with Gasteiger partial charge in [-0.3, -0.25) is 9.69 Å². The summed E-state index contributed by atoms with van der Waals surface area (Å²) in [5.74, 6) is 0.0787. The molecule has 0 fully saturated rings. The highest BCUT2D eigenvalue weighted by molar-refractivity contribution is 5.92. The van der Waals surface area contributed by atoms with Crippen LogP contribution < -0.4 is 5.32 Å². The Kier molecular flexibility index (Phi) is 4.58. The molecular formula is C20H22N4O2. The van der Waals surface area contributed by atoms with E-state index in [1.54, 1.807) is 6.92 Å². The number of amides is 1. The van der Waals surface area contributed by atoms with Crippen molar-refractivity contribution in [2.75, 3.05) is 6.54 Å². The zero-order chi connectivity index (χ0) is 17.9. The van der Waals surface area contributed by atoms with Gasteiger partial charge in [-0.2, -0.15) is 0 Å². The van der Waals surface area contributed by atoms with Gasteiger partial charge in [0.15, 0.2) is 6.39 Å². The van der Waals surface area contributed by atoms with Crippen LogP contribution in [0.1, 0.15) is 27.5 Å². The zero-order valence-corrected chi connectivity index (χ0v) is 14.8. The van der Waals surface area contributed by atoms with Gasteiger partial charge in [0.25, 0.3) is 5.91 Å². The summed E-state index contributed by atoms with van der Waals surface area (Å²) in [6, 6.07) is 14.9. The molecule has 1 unspecified atom stereocenters. The van der Waals surface area contributed by atoms with Crippen LogP contribution in [0.2, 0.25) is 0 Å². The molecule has 6 heteroatoms. The highest BCUT2D eigenvalue weighted by atomic mass is 16.3. The number of fused-ring (bicyclic) bond motifs is 1. The standard InChI is InChI=1S/C20H22N4O2/c1-15-19(26-14-22-15)20(25)21-10-18-13-23-9-5-8-17(23)12-24(18)11-16-6-3-2-4-7-16/h2-9,14,18H,10-13H2,1H3,(H,21,25). The van der Waals surface area contributed by atoms with Crippen LogP contribution in [0.3, 0.4) is 0 Å². The molecule has 1 aliphatic heterocycles. The number of nitrogens with zero attached hydrogens (tertiary/aromatic N) is 3. The van der Waals surface area contributed by atoms with Gasteiger partial charge in [-0.1, -0.05) is 30.3 Å². The lowest BCUT2D eigenvalue weighted by molar-refractivity contribution is 0.0872. The van der Waals surface area contributed by atoms with E-state index in [-0.39, 0.29) is 17.7 Å². The molecule has 0 saturated carbocycles. The molecule has 0 aliphatic carbocycles. The summed E-state index contributed by atoms with van der Waals surface area (Å²) >= 11 is 0. The Morgan fingerprint density at radius 3 is 2.88 bits per heavy atom. The maximum absolute atomic E-state index is 12.4. The van der Waals surface area contributed by atoms with Crippen molar-refractivity contribution in [3.63, 3.8) is 0 Å². The Balaban J connectivity index is 1.48. The highest BCUT2D eigenvalue weighted by Crippen LogP contribution is 2.20. The molecule has 0 radical (unpaired) electrons. The molecule has 0 spiro atoms. The normalized spacial score (nSPS) is 17.0. The molecule has 3 aromatic rings. The lowest BCUT2D eigenvalue weighted by Gasteiger charge is -2.37. The molecule has 3 heterocycles. The SMILES string of the molecule is Cc1ncoc1C(=O)NCC1Cn2cccc2CN1Cc1ccccc1. The predicted molar refractivity (Wildman–Crippen MR) is 97.5 cm³/mol. The third-order valence-electron chi connectivity index (χ3n) is 4.89. The molecule has 26 heavy (non-hydrogen) atoms. The van der Waals surface area contributed by atoms with Crippen LogP contribution in [-0.2, 0) is 19.6 Å². The van der Waals surface area contributed by atoms with Gasteiger partial charge in [-0.15, -0.1) is 0 Å². The van der Waals surface area contributed by atoms with Crippen LogP contribution in [0.5, 0.6) is 0 Å². The van der Waals surface area contributed by atoms with Crippen molar-refractivity contribution in [3.05, 3.63) is 77.8 Å². The molecule has 1 N–H and O–H groups in total. The van der Waals surface area contributed by atoms with Crippen molar-refractivity contribution in [2.24, 2.45) is 0 Å². The first kappa shape index (κ1) is 16.6. The third-order valence-corrected chi connectivity index (χ3v) is 4.89. The van der Waals surface area contributed by atoms with Gasteiger partial charge >= 0.3 is 0 Å². The number of aryl methyl sites for hydroxylation is 1. The fraction of sp³-hybridized carbons (Fsp3) is 0.300. The summed E-state index contributed by atoms with van der Waals surface area (Å²) in [5.41, 5.74) is 3.18. The number of rotatable bonds is 5. The number of oxazole rings is 1. The van der Waals surface area contributed by atoms with Crippen molar-refractivity contribution in [2.45, 2.75) is 32.6 Å². The summed E-state index contributed by atoms with van der Waals surface area (Å²) in [7, 11) is 0. The summed E-state index contributed by atoms with van der Waals surface area (Å²) in [6.45, 7) is 4.90. The first-order valence-electron chi connectivity index (χ1n) is 8.81. The first-order valence-corrected chi connectivity index (χ1v) is 8.81. The molecule has 1 amide bonds. The van der Waals surface area contributed by atoms with Crippen molar-refractivity contribution >= 4 is 5.91 Å². The molecule has 4 rings (SSSR count). The van der Waals surface area contributed by atoms with Crippen LogP contribution in [0.15, 0.2) is 59.5 Å². The van der Waals surface area contributed by atoms with Crippen molar-refractivity contribution < 1.29 is 9.21 Å². The van der Waals surface area contributed by atoms with Crippen LogP contribution in [0.25, 0.3) is 0 Å². The Labute approximate surface area is 152 Å². The lowest BCUT2D eigenvalue weighted by Crippen LogP contribution is -2.48. The molecule has 0 saturated heterocycles. The number of hydrogen-bond donors (Lipinski definition) is 1. The van der Waals surface area contributed by atoms with E-state index < -0.39 is 0 Å². The van der Waals surface area contributed by atoms with Crippen molar-refractivity contribution in [1.82, 2.24) is 19.8 Å². The van der Waals surface area contributed by atoms with E-state index in [4.69, 9.17) is 4.42 Å². The number of nitrogens with one attached hydrogen (secondary N) is 1. The average molecular weight is 350 g/mol. The molecule has 134 valence electrons. The second-order valence-corrected chi connectivity index (χ2v) is 6.67. The molecule has 1 aliphatic rings. The fourth-order valence-electron chi connectivity index (χ4n) is 3.46. The van der Waals surface area contributed by atoms with Crippen LogP contribution >= 0.6 is 0 Å². The number of carbonyl (C=O) groups is 1. The Morgan fingerprint density at radius 1 is 1.27 bits per heavy atom. The van der Waals surface area contributed by atoms with Gasteiger partial charge < -0.3 is 14.3 Å². The van der Waals surface area contributed by atoms with Crippen LogP contribution in [0, 0.1) is 6.92 Å². The quantitative estimate of drug-likeness (QED) is 0.768. The van der Waals surface area contributed by atoms with Gasteiger partial charge in [0.1, 0.15) is 0 Å². The predicted octanol–water partition coefficient (Wildman–Crippen LogP) is 2.60. The number of carbonyl (C=O) groups excluding carboxylic acids is 1. The number of benzene rings is 1. The second-order valence-electron chi connectivity index (χ2n) is 6.67. The second kappa shape index (κ2) is 7.17. The Hall–Kier alpha value is -2.86. The smallest absolute Gasteiger partial charge is 0.289 e. The Bertz CT molecular complexity index is 884. The van der Waals surface area contributed by atoms with Crippen molar-refractivity contribution in [3.8, 4) is 0 Å². The van der Waals surface area contributed by atoms with Crippen molar-refractivity contribution in [1.29, 1.82) is 0 Å². The maximum Gasteiger partial charge on any atom is 0.289 e. The molecule has 1 atom stereocenters. The van der Waals surface area contributed by atoms with E-state index in [9.17, 15) is 4.79 Å². The van der Waals surface area contributed by atoms with E-state index in [0.29, 0.717) is 12.2 Å². The number of hydrogen-bond acceptors (Lipinski definition) is 4. The van der Waals surface area contributed by atoms with Gasteiger partial charge in [-0.25, -0.2) is 4.98 Å². The minimum Gasteiger partial charge on any atom is -0.438 e. The van der Waals surface area contributed by atoms with Gasteiger partial charge in [0, 0.05) is 44.1 Å². The molecule has 2 aromatic heterocycles. The molecular weight excluding hydrogens is 328 g/mol. The third kappa shape index (κ3) is 3.41. The summed E-state index contributed by atoms with van der Waals surface area (Å²) in [5, 5.41) is 3.01. The lowest BCUT2D eigenvalue weighted by atomic mass is 10.1. The largest absolute Gasteiger partial charge is 0.438 e. The summed E-state index contributed by atoms with van der Waals surface area (Å²) in [6.07, 6.45) is 3.41. The van der Waals surface area contributed by atoms with Crippen LogP contribution in [-0.4, -0.2) is 32.9 Å². The Morgan fingerprint density at radius 2 is 2.12 bits per heavy atom.